The highest BCUT2D eigenvalue weighted by atomic mass is 16.7. The molecule has 1 aliphatic carbocycles. The molecule has 4 nitrogen and oxygen atoms in total. The van der Waals surface area contributed by atoms with E-state index in [2.05, 4.69) is 36.2 Å². The number of aromatic nitrogens is 1. The molecule has 2 aromatic rings. The van der Waals surface area contributed by atoms with Crippen LogP contribution in [-0.4, -0.2) is 36.8 Å². The van der Waals surface area contributed by atoms with Gasteiger partial charge in [-0.2, -0.15) is 0 Å². The van der Waals surface area contributed by atoms with E-state index in [9.17, 15) is 0 Å². The van der Waals surface area contributed by atoms with Gasteiger partial charge in [-0.15, -0.1) is 0 Å². The molecule has 0 spiro atoms. The summed E-state index contributed by atoms with van der Waals surface area (Å²) in [5.41, 5.74) is 3.87. The minimum absolute atomic E-state index is 0.344. The Morgan fingerprint density at radius 2 is 2.17 bits per heavy atom. The van der Waals surface area contributed by atoms with Crippen LogP contribution in [0, 0.1) is 0 Å². The molecular weight excluding hydrogens is 228 g/mol. The third kappa shape index (κ3) is 1.24. The van der Waals surface area contributed by atoms with Crippen LogP contribution in [0.15, 0.2) is 12.3 Å². The van der Waals surface area contributed by atoms with E-state index in [-0.39, 0.29) is 0 Å². The topological polar surface area (TPSA) is 37.5 Å². The van der Waals surface area contributed by atoms with Gasteiger partial charge in [0.25, 0.3) is 0 Å². The van der Waals surface area contributed by atoms with E-state index in [1.165, 1.54) is 22.0 Å². The second kappa shape index (κ2) is 3.42. The number of nitrogens with zero attached hydrogens (tertiary/aromatic N) is 1. The van der Waals surface area contributed by atoms with Gasteiger partial charge in [0.1, 0.15) is 0 Å². The molecular formula is C14H16N2O2. The molecule has 1 aromatic heterocycles. The Kier molecular flexibility index (Phi) is 1.95. The summed E-state index contributed by atoms with van der Waals surface area (Å²) < 4.78 is 11.2. The number of aromatic amines is 1. The molecule has 2 aliphatic rings. The summed E-state index contributed by atoms with van der Waals surface area (Å²) >= 11 is 0. The molecule has 0 fully saturated rings. The van der Waals surface area contributed by atoms with Gasteiger partial charge in [-0.1, -0.05) is 0 Å². The molecule has 1 N–H and O–H groups in total. The van der Waals surface area contributed by atoms with E-state index in [1.807, 2.05) is 0 Å². The van der Waals surface area contributed by atoms with Gasteiger partial charge in [-0.05, 0) is 32.5 Å². The third-order valence-corrected chi connectivity index (χ3v) is 4.11. The van der Waals surface area contributed by atoms with Crippen LogP contribution in [0.1, 0.15) is 11.1 Å². The van der Waals surface area contributed by atoms with Crippen LogP contribution in [0.25, 0.3) is 10.9 Å². The zero-order chi connectivity index (χ0) is 12.3. The smallest absolute Gasteiger partial charge is 0.231 e. The molecule has 1 atom stereocenters. The molecule has 18 heavy (non-hydrogen) atoms. The van der Waals surface area contributed by atoms with Crippen molar-refractivity contribution in [3.8, 4) is 11.5 Å². The number of hydrogen-bond acceptors (Lipinski definition) is 3. The van der Waals surface area contributed by atoms with Crippen LogP contribution in [0.3, 0.4) is 0 Å². The summed E-state index contributed by atoms with van der Waals surface area (Å²) in [7, 11) is 4.28. The van der Waals surface area contributed by atoms with Gasteiger partial charge in [0.05, 0.1) is 0 Å². The zero-order valence-electron chi connectivity index (χ0n) is 10.6. The molecule has 1 aliphatic heterocycles. The van der Waals surface area contributed by atoms with Gasteiger partial charge in [0.2, 0.25) is 6.79 Å². The normalized spacial score (nSPS) is 20.9. The number of hydrogen-bond donors (Lipinski definition) is 1. The quantitative estimate of drug-likeness (QED) is 0.833. The lowest BCUT2D eigenvalue weighted by Crippen LogP contribution is -2.34. The van der Waals surface area contributed by atoms with E-state index < -0.39 is 0 Å². The fourth-order valence-electron chi connectivity index (χ4n) is 3.11. The van der Waals surface area contributed by atoms with Crippen molar-refractivity contribution in [2.75, 3.05) is 20.9 Å². The lowest BCUT2D eigenvalue weighted by atomic mass is 9.88. The Morgan fingerprint density at radius 1 is 1.28 bits per heavy atom. The predicted octanol–water partition coefficient (Wildman–Crippen LogP) is 1.93. The van der Waals surface area contributed by atoms with Gasteiger partial charge in [0, 0.05) is 34.8 Å². The van der Waals surface area contributed by atoms with Crippen LogP contribution in [0.4, 0.5) is 0 Å². The predicted molar refractivity (Wildman–Crippen MR) is 69.3 cm³/mol. The first kappa shape index (κ1) is 10.3. The van der Waals surface area contributed by atoms with Crippen molar-refractivity contribution < 1.29 is 9.47 Å². The van der Waals surface area contributed by atoms with E-state index in [1.54, 1.807) is 0 Å². The maximum atomic E-state index is 5.66. The first-order valence-electron chi connectivity index (χ1n) is 6.32. The van der Waals surface area contributed by atoms with Gasteiger partial charge in [-0.25, -0.2) is 0 Å². The standard InChI is InChI=1S/C14H16N2O2/c1-16(2)9-3-8-6-15-11-5-12-14(18-7-17-12)10(4-9)13(8)11/h5-6,9,15H,3-4,7H2,1-2H3. The van der Waals surface area contributed by atoms with Crippen molar-refractivity contribution in [1.29, 1.82) is 0 Å². The van der Waals surface area contributed by atoms with Crippen LogP contribution >= 0.6 is 0 Å². The number of ether oxygens (including phenoxy) is 2. The highest BCUT2D eigenvalue weighted by Gasteiger charge is 2.30. The fraction of sp³-hybridized carbons (Fsp3) is 0.429. The summed E-state index contributed by atoms with van der Waals surface area (Å²) in [6, 6.07) is 2.59. The van der Waals surface area contributed by atoms with Crippen molar-refractivity contribution in [3.63, 3.8) is 0 Å². The minimum atomic E-state index is 0.344. The van der Waals surface area contributed by atoms with Gasteiger partial charge in [-0.3, -0.25) is 0 Å². The van der Waals surface area contributed by atoms with Crippen LogP contribution in [0.2, 0.25) is 0 Å². The maximum absolute atomic E-state index is 5.66. The Balaban J connectivity index is 1.97. The Morgan fingerprint density at radius 3 is 3.00 bits per heavy atom. The minimum Gasteiger partial charge on any atom is -0.454 e. The average Bonchev–Trinajstić information content (AvgIpc) is 2.97. The van der Waals surface area contributed by atoms with Crippen LogP contribution < -0.4 is 9.47 Å². The van der Waals surface area contributed by atoms with Crippen molar-refractivity contribution in [2.24, 2.45) is 0 Å². The van der Waals surface area contributed by atoms with E-state index in [4.69, 9.17) is 9.47 Å². The van der Waals surface area contributed by atoms with Crippen molar-refractivity contribution in [3.05, 3.63) is 23.4 Å². The second-order valence-electron chi connectivity index (χ2n) is 5.35. The average molecular weight is 244 g/mol. The van der Waals surface area contributed by atoms with Gasteiger partial charge in [0.15, 0.2) is 11.5 Å². The summed E-state index contributed by atoms with van der Waals surface area (Å²) in [4.78, 5) is 5.64. The number of benzene rings is 1. The molecule has 0 bridgehead atoms. The second-order valence-corrected chi connectivity index (χ2v) is 5.35. The lowest BCUT2D eigenvalue weighted by Gasteiger charge is -2.28. The molecule has 1 unspecified atom stereocenters. The highest BCUT2D eigenvalue weighted by Crippen LogP contribution is 2.44. The third-order valence-electron chi connectivity index (χ3n) is 4.11. The maximum Gasteiger partial charge on any atom is 0.231 e. The number of fused-ring (bicyclic) bond motifs is 2. The van der Waals surface area contributed by atoms with E-state index in [0.717, 1.165) is 24.3 Å². The van der Waals surface area contributed by atoms with Crippen molar-refractivity contribution >= 4 is 10.9 Å². The Hall–Kier alpha value is -1.68. The molecule has 1 aromatic carbocycles. The SMILES string of the molecule is CN(C)C1Cc2c[nH]c3cc4c(c(c23)C1)OCO4. The Labute approximate surface area is 105 Å². The molecule has 0 radical (unpaired) electrons. The van der Waals surface area contributed by atoms with Gasteiger partial charge < -0.3 is 19.4 Å². The van der Waals surface area contributed by atoms with E-state index >= 15 is 0 Å². The molecule has 0 amide bonds. The lowest BCUT2D eigenvalue weighted by molar-refractivity contribution is 0.172. The van der Waals surface area contributed by atoms with Gasteiger partial charge >= 0.3 is 0 Å². The molecule has 94 valence electrons. The fourth-order valence-corrected chi connectivity index (χ4v) is 3.11. The monoisotopic (exact) mass is 244 g/mol. The van der Waals surface area contributed by atoms with E-state index in [0.29, 0.717) is 12.8 Å². The first-order valence-corrected chi connectivity index (χ1v) is 6.32. The van der Waals surface area contributed by atoms with Crippen LogP contribution in [-0.2, 0) is 12.8 Å². The highest BCUT2D eigenvalue weighted by molar-refractivity contribution is 5.92. The Bertz CT molecular complexity index is 630. The molecule has 2 heterocycles. The molecule has 4 heteroatoms. The van der Waals surface area contributed by atoms with Crippen molar-refractivity contribution in [1.82, 2.24) is 9.88 Å². The zero-order valence-corrected chi connectivity index (χ0v) is 10.6. The summed E-state index contributed by atoms with van der Waals surface area (Å²) in [5.74, 6) is 1.83. The molecule has 0 saturated carbocycles. The summed E-state index contributed by atoms with van der Waals surface area (Å²) in [6.45, 7) is 0.344. The molecule has 4 rings (SSSR count). The number of rotatable bonds is 1. The largest absolute Gasteiger partial charge is 0.454 e. The summed E-state index contributed by atoms with van der Waals surface area (Å²) in [6.07, 6.45) is 4.25. The van der Waals surface area contributed by atoms with Crippen molar-refractivity contribution in [2.45, 2.75) is 18.9 Å². The summed E-state index contributed by atoms with van der Waals surface area (Å²) in [5, 5.41) is 1.34. The number of H-pyrrole nitrogens is 1. The molecule has 0 saturated heterocycles. The first-order chi connectivity index (χ1) is 8.74. The number of likely N-dealkylation sites (N-methyl/N-ethyl adjacent to an activating group) is 1. The van der Waals surface area contributed by atoms with Crippen LogP contribution in [0.5, 0.6) is 11.5 Å². The number of nitrogens with one attached hydrogen (secondary N) is 1.